The highest BCUT2D eigenvalue weighted by Crippen LogP contribution is 1.58. The maximum absolute atomic E-state index is 9.82. The van der Waals surface area contributed by atoms with Gasteiger partial charge in [0.05, 0.1) is 0 Å². The first kappa shape index (κ1) is 6.15. The summed E-state index contributed by atoms with van der Waals surface area (Å²) < 4.78 is 9.82. The highest BCUT2D eigenvalue weighted by Gasteiger charge is 1.91. The van der Waals surface area contributed by atoms with E-state index in [1.54, 1.807) is 0 Å². The first-order chi connectivity index (χ1) is 2.81. The smallest absolute Gasteiger partial charge is 0.165 e. The third-order valence-corrected chi connectivity index (χ3v) is 0.642. The largest absolute Gasteiger partial charge is 0.577 e. The molecule has 0 heterocycles. The molecule has 0 amide bonds. The second-order valence-corrected chi connectivity index (χ2v) is 1.51. The summed E-state index contributed by atoms with van der Waals surface area (Å²) in [6.07, 6.45) is 0. The maximum Gasteiger partial charge on any atom is 0.165 e. The Morgan fingerprint density at radius 2 is 1.67 bits per heavy atom. The van der Waals surface area contributed by atoms with Crippen molar-refractivity contribution < 1.29 is 4.55 Å². The molecule has 0 fully saturated rings. The highest BCUT2D eigenvalue weighted by molar-refractivity contribution is 7.87. The highest BCUT2D eigenvalue weighted by atomic mass is 32.2. The quantitative estimate of drug-likeness (QED) is 0.179. The van der Waals surface area contributed by atoms with Crippen molar-refractivity contribution in [2.24, 2.45) is 11.7 Å². The third-order valence-electron chi connectivity index (χ3n) is 0.214. The van der Waals surface area contributed by atoms with E-state index >= 15 is 0 Å². The van der Waals surface area contributed by atoms with E-state index in [1.165, 1.54) is 0 Å². The molecule has 0 aliphatic carbocycles. The zero-order chi connectivity index (χ0) is 4.99. The van der Waals surface area contributed by atoms with Gasteiger partial charge < -0.3 is 4.55 Å². The molecule has 0 aromatic rings. The molecule has 6 heteroatoms. The first-order valence-electron chi connectivity index (χ1n) is 1.15. The molecular weight excluding hydrogens is 104 g/mol. The standard InChI is InChI=1S/H6N4OS/c1-3-6(5)4-2/h3-4H,1-2H2. The van der Waals surface area contributed by atoms with Crippen LogP contribution >= 0.6 is 0 Å². The van der Waals surface area contributed by atoms with Crippen LogP contribution in [0.5, 0.6) is 0 Å². The summed E-state index contributed by atoms with van der Waals surface area (Å²) >= 11 is -1.48. The van der Waals surface area contributed by atoms with E-state index in [0.717, 1.165) is 0 Å². The number of hydrogen-bond acceptors (Lipinski definition) is 5. The van der Waals surface area contributed by atoms with Crippen molar-refractivity contribution >= 4 is 11.5 Å². The van der Waals surface area contributed by atoms with Crippen molar-refractivity contribution in [2.75, 3.05) is 0 Å². The van der Waals surface area contributed by atoms with Gasteiger partial charge in [-0.2, -0.15) is 0 Å². The maximum atomic E-state index is 9.82. The number of hydrogen-bond donors (Lipinski definition) is 4. The molecule has 0 atom stereocenters. The molecule has 0 aromatic heterocycles. The molecule has 38 valence electrons. The molecule has 0 unspecified atom stereocenters. The fourth-order valence-electron chi connectivity index (χ4n) is 0.0340. The van der Waals surface area contributed by atoms with Crippen LogP contribution in [0.3, 0.4) is 0 Å². The van der Waals surface area contributed by atoms with E-state index in [4.69, 9.17) is 0 Å². The Bertz CT molecular complexity index is 26.7. The minimum absolute atomic E-state index is 1.48. The Morgan fingerprint density at radius 1 is 1.33 bits per heavy atom. The topological polar surface area (TPSA) is 99.2 Å². The summed E-state index contributed by atoms with van der Waals surface area (Å²) in [7, 11) is 0. The van der Waals surface area contributed by atoms with Crippen molar-refractivity contribution in [1.82, 2.24) is 9.66 Å². The molecule has 0 radical (unpaired) electrons. The van der Waals surface area contributed by atoms with Gasteiger partial charge >= 0.3 is 0 Å². The number of nitrogens with one attached hydrogen (secondary N) is 2. The molecule has 0 spiro atoms. The summed E-state index contributed by atoms with van der Waals surface area (Å²) in [5.74, 6) is 9.18. The van der Waals surface area contributed by atoms with E-state index in [1.807, 2.05) is 9.66 Å². The summed E-state index contributed by atoms with van der Waals surface area (Å²) in [6.45, 7) is 0. The van der Waals surface area contributed by atoms with E-state index in [2.05, 4.69) is 11.7 Å². The Morgan fingerprint density at radius 3 is 1.67 bits per heavy atom. The molecule has 5 nitrogen and oxygen atoms in total. The van der Waals surface area contributed by atoms with Gasteiger partial charge in [0.2, 0.25) is 0 Å². The molecule has 0 aromatic carbocycles. The minimum atomic E-state index is -1.48. The average molecular weight is 110 g/mol. The third kappa shape index (κ3) is 2.39. The first-order valence-corrected chi connectivity index (χ1v) is 2.30. The molecule has 0 saturated carbocycles. The number of hydrazine groups is 2. The van der Waals surface area contributed by atoms with Crippen LogP contribution in [0.25, 0.3) is 0 Å². The van der Waals surface area contributed by atoms with Crippen LogP contribution in [0.4, 0.5) is 0 Å². The van der Waals surface area contributed by atoms with E-state index in [9.17, 15) is 4.55 Å². The fraction of sp³-hybridized carbons (Fsp3) is 0. The number of nitrogens with two attached hydrogens (primary N) is 2. The molecule has 0 saturated heterocycles. The monoisotopic (exact) mass is 110 g/mol. The normalized spacial score (nSPS) is 10.0. The molecule has 0 bridgehead atoms. The molecule has 6 N–H and O–H groups in total. The van der Waals surface area contributed by atoms with Crippen molar-refractivity contribution in [1.29, 1.82) is 0 Å². The van der Waals surface area contributed by atoms with Gasteiger partial charge in [0.15, 0.2) is 11.5 Å². The lowest BCUT2D eigenvalue weighted by atomic mass is 13.0. The Kier molecular flexibility index (Phi) is 3.43. The van der Waals surface area contributed by atoms with Gasteiger partial charge in [-0.25, -0.2) is 11.7 Å². The predicted molar refractivity (Wildman–Crippen MR) is 22.8 cm³/mol. The van der Waals surface area contributed by atoms with Crippen LogP contribution < -0.4 is 21.3 Å². The number of rotatable bonds is 2. The van der Waals surface area contributed by atoms with Crippen LogP contribution in [0, 0.1) is 0 Å². The van der Waals surface area contributed by atoms with E-state index < -0.39 is 11.5 Å². The van der Waals surface area contributed by atoms with Gasteiger partial charge in [0.1, 0.15) is 0 Å². The second-order valence-electron chi connectivity index (χ2n) is 0.504. The zero-order valence-electron chi connectivity index (χ0n) is 2.97. The Hall–Kier alpha value is 0.150. The van der Waals surface area contributed by atoms with Crippen LogP contribution in [0.15, 0.2) is 0 Å². The molecule has 6 heavy (non-hydrogen) atoms. The van der Waals surface area contributed by atoms with E-state index in [0.29, 0.717) is 0 Å². The van der Waals surface area contributed by atoms with Gasteiger partial charge in [-0.3, -0.25) is 0 Å². The average Bonchev–Trinajstić information content (AvgIpc) is 1.65. The molecule has 0 aliphatic rings. The fourth-order valence-corrected chi connectivity index (χ4v) is 0.102. The van der Waals surface area contributed by atoms with Crippen molar-refractivity contribution in [3.05, 3.63) is 0 Å². The molecule has 0 aliphatic heterocycles. The van der Waals surface area contributed by atoms with Gasteiger partial charge in [0, 0.05) is 0 Å². The SMILES string of the molecule is NN[S+]([O-])NN. The van der Waals surface area contributed by atoms with Crippen LogP contribution in [0.1, 0.15) is 0 Å². The van der Waals surface area contributed by atoms with Crippen molar-refractivity contribution in [3.63, 3.8) is 0 Å². The molecule has 0 rings (SSSR count). The molecular formula is H6N4OS. The lowest BCUT2D eigenvalue weighted by molar-refractivity contribution is 0.570. The van der Waals surface area contributed by atoms with Gasteiger partial charge in [0.25, 0.3) is 0 Å². The summed E-state index contributed by atoms with van der Waals surface area (Å²) in [5.41, 5.74) is 0. The van der Waals surface area contributed by atoms with Crippen LogP contribution in [-0.2, 0) is 11.5 Å². The summed E-state index contributed by atoms with van der Waals surface area (Å²) in [6, 6.07) is 0. The second kappa shape index (κ2) is 3.34. The minimum Gasteiger partial charge on any atom is -0.577 e. The summed E-state index contributed by atoms with van der Waals surface area (Å²) in [5, 5.41) is 0. The van der Waals surface area contributed by atoms with Crippen molar-refractivity contribution in [2.45, 2.75) is 0 Å². The van der Waals surface area contributed by atoms with Gasteiger partial charge in [-0.1, -0.05) is 9.66 Å². The van der Waals surface area contributed by atoms with Crippen LogP contribution in [-0.4, -0.2) is 4.55 Å². The van der Waals surface area contributed by atoms with Crippen LogP contribution in [0.2, 0.25) is 0 Å². The Balaban J connectivity index is 2.75. The predicted octanol–water partition coefficient (Wildman–Crippen LogP) is -2.51. The van der Waals surface area contributed by atoms with E-state index in [-0.39, 0.29) is 0 Å². The lowest BCUT2D eigenvalue weighted by Crippen LogP contribution is -2.44. The van der Waals surface area contributed by atoms with Gasteiger partial charge in [-0.15, -0.1) is 0 Å². The Labute approximate surface area is 38.5 Å². The lowest BCUT2D eigenvalue weighted by Gasteiger charge is -1.99. The van der Waals surface area contributed by atoms with Crippen molar-refractivity contribution in [3.8, 4) is 0 Å². The zero-order valence-corrected chi connectivity index (χ0v) is 3.79. The summed E-state index contributed by atoms with van der Waals surface area (Å²) in [4.78, 5) is 3.70. The van der Waals surface area contributed by atoms with Gasteiger partial charge in [-0.05, 0) is 0 Å².